The number of hydrogen-bond acceptors (Lipinski definition) is 5. The van der Waals surface area contributed by atoms with Crippen molar-refractivity contribution in [2.45, 2.75) is 18.9 Å². The average Bonchev–Trinajstić information content (AvgIpc) is 1.82. The second-order valence-electron chi connectivity index (χ2n) is 1.84. The molecule has 1 atom stereocenters. The van der Waals surface area contributed by atoms with Crippen molar-refractivity contribution in [1.82, 2.24) is 0 Å². The third-order valence-corrected chi connectivity index (χ3v) is 0.962. The number of rotatable bonds is 4. The zero-order chi connectivity index (χ0) is 8.15. The predicted octanol–water partition coefficient (Wildman–Crippen LogP) is -11.0. The van der Waals surface area contributed by atoms with Crippen LogP contribution < -0.4 is 75.1 Å². The van der Waals surface area contributed by atoms with Crippen molar-refractivity contribution in [3.63, 3.8) is 0 Å². The molecule has 1 unspecified atom stereocenters. The Morgan fingerprint density at radius 1 is 1.14 bits per heavy atom. The number of carbonyl (C=O) groups excluding carboxylic acids is 2. The molecule has 6 N–H and O–H groups in total. The predicted molar refractivity (Wildman–Crippen MR) is 34.5 cm³/mol. The Kier molecular flexibility index (Phi) is 34.1. The smallest absolute Gasteiger partial charge is 0.550 e. The molecule has 0 aromatic heterocycles. The van der Waals surface area contributed by atoms with Gasteiger partial charge < -0.3 is 36.5 Å². The molecule has 0 aliphatic heterocycles. The number of carboxylic acid groups (broad SMARTS) is 2. The molecule has 9 heteroatoms. The van der Waals surface area contributed by atoms with Crippen LogP contribution in [-0.2, 0) is 9.59 Å². The topological polar surface area (TPSA) is 169 Å². The van der Waals surface area contributed by atoms with Crippen molar-refractivity contribution in [1.29, 1.82) is 0 Å². The summed E-state index contributed by atoms with van der Waals surface area (Å²) in [7, 11) is 0. The first-order valence-electron chi connectivity index (χ1n) is 2.70. The van der Waals surface area contributed by atoms with Gasteiger partial charge in [-0.2, -0.15) is 0 Å². The Morgan fingerprint density at radius 3 is 1.71 bits per heavy atom. The number of aliphatic carboxylic acids is 2. The van der Waals surface area contributed by atoms with Gasteiger partial charge in [0.1, 0.15) is 0 Å². The Balaban J connectivity index is -0.0000000675. The van der Waals surface area contributed by atoms with Crippen LogP contribution in [0, 0.1) is 0 Å². The number of carboxylic acids is 2. The molecule has 0 amide bonds. The van der Waals surface area contributed by atoms with E-state index in [0.29, 0.717) is 0 Å². The molecule has 0 aliphatic rings. The van der Waals surface area contributed by atoms with Crippen LogP contribution in [0.25, 0.3) is 0 Å². The Labute approximate surface area is 125 Å². The van der Waals surface area contributed by atoms with E-state index in [1.54, 1.807) is 0 Å². The second kappa shape index (κ2) is 16.3. The summed E-state index contributed by atoms with van der Waals surface area (Å²) in [5.74, 6) is -2.75. The van der Waals surface area contributed by atoms with Crippen LogP contribution in [0.1, 0.15) is 12.8 Å². The van der Waals surface area contributed by atoms with Crippen molar-refractivity contribution in [3.05, 3.63) is 0 Å². The van der Waals surface area contributed by atoms with Crippen LogP contribution in [0.3, 0.4) is 0 Å². The summed E-state index contributed by atoms with van der Waals surface area (Å²) < 4.78 is 0. The molecule has 0 fully saturated rings. The molecule has 74 valence electrons. The summed E-state index contributed by atoms with van der Waals surface area (Å²) in [6.07, 6.45) is -0.500. The number of nitrogens with two attached hydrogens (primary N) is 1. The summed E-state index contributed by atoms with van der Waals surface area (Å²) >= 11 is 0. The van der Waals surface area contributed by atoms with E-state index in [1.165, 1.54) is 0 Å². The van der Waals surface area contributed by atoms with Crippen LogP contribution in [-0.4, -0.2) is 28.9 Å². The summed E-state index contributed by atoms with van der Waals surface area (Å²) in [6, 6.07) is -1.21. The quantitative estimate of drug-likeness (QED) is 0.469. The van der Waals surface area contributed by atoms with Gasteiger partial charge in [-0.1, -0.05) is 0 Å². The summed E-state index contributed by atoms with van der Waals surface area (Å²) in [5, 5.41) is 19.6. The minimum absolute atomic E-state index is 0. The fraction of sp³-hybridized carbons (Fsp3) is 0.600. The second-order valence-corrected chi connectivity index (χ2v) is 1.84. The van der Waals surface area contributed by atoms with Crippen LogP contribution in [0.2, 0.25) is 0 Å². The minimum Gasteiger partial charge on any atom is -0.550 e. The van der Waals surface area contributed by atoms with Crippen molar-refractivity contribution in [2.75, 3.05) is 0 Å². The van der Waals surface area contributed by atoms with Crippen molar-refractivity contribution < 1.29 is 89.9 Å². The van der Waals surface area contributed by atoms with E-state index in [9.17, 15) is 19.8 Å². The van der Waals surface area contributed by atoms with Gasteiger partial charge in [-0.3, -0.25) is 0 Å². The summed E-state index contributed by atoms with van der Waals surface area (Å²) in [4.78, 5) is 19.6. The van der Waals surface area contributed by atoms with Crippen LogP contribution in [0.15, 0.2) is 0 Å². The minimum atomic E-state index is -1.44. The van der Waals surface area contributed by atoms with E-state index in [2.05, 4.69) is 0 Å². The van der Waals surface area contributed by atoms with Crippen LogP contribution >= 0.6 is 0 Å². The first-order valence-corrected chi connectivity index (χ1v) is 2.70. The maximum absolute atomic E-state index is 9.86. The molecular formula is C5H11NNa2O6. The van der Waals surface area contributed by atoms with Crippen LogP contribution in [0.4, 0.5) is 0 Å². The van der Waals surface area contributed by atoms with Gasteiger partial charge in [0.05, 0.1) is 5.97 Å². The molecule has 0 heterocycles. The Hall–Kier alpha value is 0.820. The van der Waals surface area contributed by atoms with Gasteiger partial charge in [0, 0.05) is 12.0 Å². The largest absolute Gasteiger partial charge is 1.00 e. The molecule has 0 radical (unpaired) electrons. The molecule has 0 aromatic carbocycles. The molecule has 0 rings (SSSR count). The van der Waals surface area contributed by atoms with Gasteiger partial charge in [0.15, 0.2) is 0 Å². The molecule has 0 saturated carbocycles. The van der Waals surface area contributed by atoms with Gasteiger partial charge in [-0.25, -0.2) is 0 Å². The maximum atomic E-state index is 9.86. The first kappa shape index (κ1) is 29.4. The maximum Gasteiger partial charge on any atom is 1.00 e. The molecule has 0 aliphatic carbocycles. The van der Waals surface area contributed by atoms with E-state index in [-0.39, 0.29) is 82.9 Å². The zero-order valence-electron chi connectivity index (χ0n) is 8.20. The van der Waals surface area contributed by atoms with Crippen LogP contribution in [0.5, 0.6) is 0 Å². The molecule has 0 bridgehead atoms. The Morgan fingerprint density at radius 2 is 1.50 bits per heavy atom. The molecule has 0 spiro atoms. The number of carbonyl (C=O) groups is 2. The molecule has 7 nitrogen and oxygen atoms in total. The van der Waals surface area contributed by atoms with E-state index in [0.717, 1.165) is 0 Å². The van der Waals surface area contributed by atoms with Crippen molar-refractivity contribution in [2.24, 2.45) is 5.73 Å². The van der Waals surface area contributed by atoms with E-state index in [4.69, 9.17) is 5.73 Å². The summed E-state index contributed by atoms with van der Waals surface area (Å²) in [5.41, 5.74) is 4.91. The van der Waals surface area contributed by atoms with E-state index in [1.807, 2.05) is 0 Å². The fourth-order valence-electron chi connectivity index (χ4n) is 0.391. The van der Waals surface area contributed by atoms with Crippen molar-refractivity contribution in [3.8, 4) is 0 Å². The molecule has 0 aromatic rings. The van der Waals surface area contributed by atoms with Gasteiger partial charge >= 0.3 is 59.1 Å². The molecular weight excluding hydrogens is 216 g/mol. The SMILES string of the molecule is NC(CCC(=O)[O-])C(=O)[O-].O.O.[Na+].[Na+]. The standard InChI is InChI=1S/C5H9NO4.2Na.2H2O/c6-3(5(9)10)1-2-4(7)8;;;;/h3H,1-2,6H2,(H,7,8)(H,9,10);;;2*1H2/q;2*+1;;/p-2. The van der Waals surface area contributed by atoms with E-state index < -0.39 is 18.0 Å². The molecule has 14 heavy (non-hydrogen) atoms. The fourth-order valence-corrected chi connectivity index (χ4v) is 0.391. The van der Waals surface area contributed by atoms with Gasteiger partial charge in [0.2, 0.25) is 0 Å². The van der Waals surface area contributed by atoms with Crippen molar-refractivity contribution >= 4 is 11.9 Å². The monoisotopic (exact) mass is 227 g/mol. The zero-order valence-corrected chi connectivity index (χ0v) is 12.2. The molecule has 0 saturated heterocycles. The number of hydrogen-bond donors (Lipinski definition) is 1. The van der Waals surface area contributed by atoms with Gasteiger partial charge in [-0.15, -0.1) is 0 Å². The third-order valence-electron chi connectivity index (χ3n) is 0.962. The normalized spacial score (nSPS) is 8.93. The van der Waals surface area contributed by atoms with E-state index >= 15 is 0 Å². The Bertz CT molecular complexity index is 155. The third kappa shape index (κ3) is 18.6. The summed E-state index contributed by atoms with van der Waals surface area (Å²) in [6.45, 7) is 0. The first-order chi connectivity index (χ1) is 4.54. The van der Waals surface area contributed by atoms with Gasteiger partial charge in [-0.05, 0) is 12.8 Å². The van der Waals surface area contributed by atoms with Gasteiger partial charge in [0.25, 0.3) is 0 Å². The average molecular weight is 227 g/mol.